The van der Waals surface area contributed by atoms with Crippen molar-refractivity contribution in [2.45, 2.75) is 19.3 Å². The first-order chi connectivity index (χ1) is 24.0. The lowest BCUT2D eigenvalue weighted by atomic mass is 9.80. The molecule has 0 amide bonds. The summed E-state index contributed by atoms with van der Waals surface area (Å²) in [6, 6.07) is 60.6. The van der Waals surface area contributed by atoms with Crippen LogP contribution in [0.25, 0.3) is 78.1 Å². The van der Waals surface area contributed by atoms with Gasteiger partial charge in [0.2, 0.25) is 0 Å². The van der Waals surface area contributed by atoms with E-state index in [0.29, 0.717) is 0 Å². The minimum atomic E-state index is -0.195. The third-order valence-corrected chi connectivity index (χ3v) is 10.1. The van der Waals surface area contributed by atoms with Crippen LogP contribution >= 0.6 is 0 Å². The Bertz CT molecular complexity index is 2490. The van der Waals surface area contributed by atoms with Gasteiger partial charge in [0.05, 0.1) is 11.2 Å². The molecule has 0 saturated heterocycles. The van der Waals surface area contributed by atoms with E-state index in [1.54, 1.807) is 0 Å². The molecule has 1 heterocycles. The molecule has 232 valence electrons. The monoisotopic (exact) mass is 626 g/mol. The molecule has 0 saturated carbocycles. The van der Waals surface area contributed by atoms with Gasteiger partial charge in [-0.25, -0.2) is 9.97 Å². The molecule has 49 heavy (non-hydrogen) atoms. The SMILES string of the molecule is CC1(C)c2ccccc2-c2ccc3nc(-c4ccccc4)nc(-c4cccc(-c5cccc(-c6ccc(-c7ccccc7)cc6)c5)c4)c3c21. The molecule has 9 rings (SSSR count). The van der Waals surface area contributed by atoms with Crippen LogP contribution in [-0.2, 0) is 5.41 Å². The lowest BCUT2D eigenvalue weighted by molar-refractivity contribution is 0.666. The van der Waals surface area contributed by atoms with Gasteiger partial charge in [-0.05, 0) is 73.8 Å². The van der Waals surface area contributed by atoms with Crippen LogP contribution in [0.2, 0.25) is 0 Å². The van der Waals surface area contributed by atoms with Crippen molar-refractivity contribution in [3.05, 3.63) is 181 Å². The standard InChI is InChI=1S/C47H34N2/c1-47(2)41-22-10-9-21-39(41)40-27-28-42-43(44(40)47)45(49-46(48-42)34-15-7-4-8-16-34)38-20-12-19-37(30-38)36-18-11-17-35(29-36)33-25-23-32(24-26-33)31-13-5-3-6-14-31/h3-30H,1-2H3. The largest absolute Gasteiger partial charge is 0.228 e. The van der Waals surface area contributed by atoms with Crippen molar-refractivity contribution < 1.29 is 0 Å². The second-order valence-corrected chi connectivity index (χ2v) is 13.4. The molecule has 0 bridgehead atoms. The number of benzene rings is 7. The maximum absolute atomic E-state index is 5.37. The Morgan fingerprint density at radius 1 is 0.388 bits per heavy atom. The van der Waals surface area contributed by atoms with E-state index < -0.39 is 0 Å². The zero-order chi connectivity index (χ0) is 33.0. The number of hydrogen-bond donors (Lipinski definition) is 0. The molecule has 8 aromatic rings. The summed E-state index contributed by atoms with van der Waals surface area (Å²) < 4.78 is 0. The molecule has 2 nitrogen and oxygen atoms in total. The van der Waals surface area contributed by atoms with Crippen LogP contribution in [0.3, 0.4) is 0 Å². The van der Waals surface area contributed by atoms with Crippen LogP contribution in [0.15, 0.2) is 170 Å². The molecule has 0 radical (unpaired) electrons. The molecule has 0 unspecified atom stereocenters. The van der Waals surface area contributed by atoms with Gasteiger partial charge in [-0.2, -0.15) is 0 Å². The lowest BCUT2D eigenvalue weighted by Gasteiger charge is -2.24. The van der Waals surface area contributed by atoms with E-state index in [9.17, 15) is 0 Å². The molecule has 7 aromatic carbocycles. The van der Waals surface area contributed by atoms with Crippen LogP contribution < -0.4 is 0 Å². The average Bonchev–Trinajstić information content (AvgIpc) is 3.41. The molecule has 0 spiro atoms. The number of aromatic nitrogens is 2. The van der Waals surface area contributed by atoms with Crippen molar-refractivity contribution in [2.24, 2.45) is 0 Å². The highest BCUT2D eigenvalue weighted by Crippen LogP contribution is 2.52. The van der Waals surface area contributed by atoms with Gasteiger partial charge < -0.3 is 0 Å². The minimum absolute atomic E-state index is 0.195. The van der Waals surface area contributed by atoms with Crippen molar-refractivity contribution in [3.8, 4) is 67.2 Å². The van der Waals surface area contributed by atoms with E-state index in [1.807, 2.05) is 18.2 Å². The fraction of sp³-hybridized carbons (Fsp3) is 0.0638. The summed E-state index contributed by atoms with van der Waals surface area (Å²) >= 11 is 0. The first kappa shape index (κ1) is 29.1. The van der Waals surface area contributed by atoms with Gasteiger partial charge in [-0.3, -0.25) is 0 Å². The second kappa shape index (κ2) is 11.5. The van der Waals surface area contributed by atoms with Gasteiger partial charge in [0.25, 0.3) is 0 Å². The third kappa shape index (κ3) is 4.96. The van der Waals surface area contributed by atoms with Crippen LogP contribution in [0.1, 0.15) is 25.0 Å². The van der Waals surface area contributed by atoms with Crippen molar-refractivity contribution in [1.82, 2.24) is 9.97 Å². The average molecular weight is 627 g/mol. The third-order valence-electron chi connectivity index (χ3n) is 10.1. The molecule has 1 aliphatic carbocycles. The predicted molar refractivity (Wildman–Crippen MR) is 204 cm³/mol. The molecule has 1 aliphatic rings. The van der Waals surface area contributed by atoms with Gasteiger partial charge >= 0.3 is 0 Å². The Kier molecular flexibility index (Phi) is 6.84. The van der Waals surface area contributed by atoms with Crippen LogP contribution in [0.4, 0.5) is 0 Å². The Balaban J connectivity index is 1.19. The topological polar surface area (TPSA) is 25.8 Å². The Morgan fingerprint density at radius 2 is 0.898 bits per heavy atom. The molecule has 1 aromatic heterocycles. The molecule has 2 heteroatoms. The normalized spacial score (nSPS) is 12.9. The van der Waals surface area contributed by atoms with Crippen LogP contribution in [0.5, 0.6) is 0 Å². The summed E-state index contributed by atoms with van der Waals surface area (Å²) in [5.41, 5.74) is 16.2. The van der Waals surface area contributed by atoms with E-state index in [2.05, 4.69) is 166 Å². The summed E-state index contributed by atoms with van der Waals surface area (Å²) in [6.45, 7) is 4.67. The van der Waals surface area contributed by atoms with E-state index in [0.717, 1.165) is 39.1 Å². The predicted octanol–water partition coefficient (Wildman–Crippen LogP) is 12.3. The van der Waals surface area contributed by atoms with Gasteiger partial charge in [-0.1, -0.05) is 166 Å². The number of fused-ring (bicyclic) bond motifs is 5. The Morgan fingerprint density at radius 3 is 1.59 bits per heavy atom. The number of hydrogen-bond acceptors (Lipinski definition) is 2. The second-order valence-electron chi connectivity index (χ2n) is 13.4. The van der Waals surface area contributed by atoms with E-state index in [1.165, 1.54) is 50.1 Å². The summed E-state index contributed by atoms with van der Waals surface area (Å²) in [7, 11) is 0. The number of nitrogens with zero attached hydrogens (tertiary/aromatic N) is 2. The zero-order valence-corrected chi connectivity index (χ0v) is 27.6. The van der Waals surface area contributed by atoms with E-state index in [4.69, 9.17) is 9.97 Å². The van der Waals surface area contributed by atoms with Gasteiger partial charge in [0.15, 0.2) is 5.82 Å². The fourth-order valence-electron chi connectivity index (χ4n) is 7.63. The minimum Gasteiger partial charge on any atom is -0.228 e. The first-order valence-corrected chi connectivity index (χ1v) is 16.9. The van der Waals surface area contributed by atoms with Gasteiger partial charge in [0.1, 0.15) is 0 Å². The Labute approximate surface area is 287 Å². The van der Waals surface area contributed by atoms with E-state index in [-0.39, 0.29) is 5.41 Å². The zero-order valence-electron chi connectivity index (χ0n) is 27.6. The quantitative estimate of drug-likeness (QED) is 0.190. The Hall–Kier alpha value is -6.12. The van der Waals surface area contributed by atoms with Gasteiger partial charge in [-0.15, -0.1) is 0 Å². The van der Waals surface area contributed by atoms with E-state index >= 15 is 0 Å². The van der Waals surface area contributed by atoms with Crippen molar-refractivity contribution in [3.63, 3.8) is 0 Å². The first-order valence-electron chi connectivity index (χ1n) is 16.9. The highest BCUT2D eigenvalue weighted by atomic mass is 14.9. The van der Waals surface area contributed by atoms with Crippen molar-refractivity contribution in [1.29, 1.82) is 0 Å². The van der Waals surface area contributed by atoms with Crippen LogP contribution in [-0.4, -0.2) is 9.97 Å². The smallest absolute Gasteiger partial charge is 0.160 e. The molecule has 0 atom stereocenters. The highest BCUT2D eigenvalue weighted by molar-refractivity contribution is 6.03. The van der Waals surface area contributed by atoms with Crippen molar-refractivity contribution >= 4 is 10.9 Å². The highest BCUT2D eigenvalue weighted by Gasteiger charge is 2.38. The summed E-state index contributed by atoms with van der Waals surface area (Å²) in [5, 5.41) is 1.13. The fourth-order valence-corrected chi connectivity index (χ4v) is 7.63. The molecular formula is C47H34N2. The van der Waals surface area contributed by atoms with Crippen molar-refractivity contribution in [2.75, 3.05) is 0 Å². The molecule has 0 aliphatic heterocycles. The summed E-state index contributed by atoms with van der Waals surface area (Å²) in [5.74, 6) is 0.739. The summed E-state index contributed by atoms with van der Waals surface area (Å²) in [4.78, 5) is 10.5. The number of rotatable bonds is 5. The van der Waals surface area contributed by atoms with Gasteiger partial charge in [0, 0.05) is 21.9 Å². The lowest BCUT2D eigenvalue weighted by Crippen LogP contribution is -2.16. The summed E-state index contributed by atoms with van der Waals surface area (Å²) in [6.07, 6.45) is 0. The maximum atomic E-state index is 5.37. The molecule has 0 fully saturated rings. The maximum Gasteiger partial charge on any atom is 0.160 e. The molecular weight excluding hydrogens is 593 g/mol. The molecule has 0 N–H and O–H groups in total. The van der Waals surface area contributed by atoms with Crippen LogP contribution in [0, 0.1) is 0 Å².